The Morgan fingerprint density at radius 3 is 2.63 bits per heavy atom. The van der Waals surface area contributed by atoms with Crippen molar-refractivity contribution in [2.45, 2.75) is 12.8 Å². The van der Waals surface area contributed by atoms with Gasteiger partial charge in [0.2, 0.25) is 0 Å². The molecule has 0 N–H and O–H groups in total. The summed E-state index contributed by atoms with van der Waals surface area (Å²) < 4.78 is 1.20. The Morgan fingerprint density at radius 2 is 1.89 bits per heavy atom. The summed E-state index contributed by atoms with van der Waals surface area (Å²) in [5.41, 5.74) is 1.04. The molecule has 0 amide bonds. The summed E-state index contributed by atoms with van der Waals surface area (Å²) in [5, 5.41) is 1.03. The van der Waals surface area contributed by atoms with Gasteiger partial charge in [0.15, 0.2) is 0 Å². The van der Waals surface area contributed by atoms with E-state index in [0.717, 1.165) is 16.3 Å². The first-order valence-corrected chi connectivity index (χ1v) is 6.95. The van der Waals surface area contributed by atoms with E-state index in [1.54, 1.807) is 23.7 Å². The van der Waals surface area contributed by atoms with Crippen molar-refractivity contribution in [3.63, 3.8) is 0 Å². The Morgan fingerprint density at radius 1 is 1.11 bits per heavy atom. The number of hydrogen-bond acceptors (Lipinski definition) is 4. The molecule has 0 fully saturated rings. The highest BCUT2D eigenvalue weighted by atomic mass is 32.1. The standard InChI is InChI=1S/C15H13N3S/c1-2-6-11(14-16-9-5-10-17-14)15-18-12-7-3-4-8-13(12)19-15/h2-11H,1H3/b6-2+. The summed E-state index contributed by atoms with van der Waals surface area (Å²) in [6.45, 7) is 2.00. The van der Waals surface area contributed by atoms with Crippen LogP contribution >= 0.6 is 11.3 Å². The SMILES string of the molecule is C/C=C/C(c1ncccn1)c1nc2ccccc2s1. The van der Waals surface area contributed by atoms with E-state index in [0.29, 0.717) is 0 Å². The van der Waals surface area contributed by atoms with Crippen LogP contribution in [0, 0.1) is 0 Å². The molecule has 1 aromatic carbocycles. The molecule has 0 spiro atoms. The molecule has 1 unspecified atom stereocenters. The third kappa shape index (κ3) is 2.39. The minimum absolute atomic E-state index is 0.0311. The number of benzene rings is 1. The average Bonchev–Trinajstić information content (AvgIpc) is 2.89. The number of hydrogen-bond donors (Lipinski definition) is 0. The molecule has 19 heavy (non-hydrogen) atoms. The van der Waals surface area contributed by atoms with Gasteiger partial charge in [-0.05, 0) is 25.1 Å². The van der Waals surface area contributed by atoms with Gasteiger partial charge in [-0.3, -0.25) is 0 Å². The summed E-state index contributed by atoms with van der Waals surface area (Å²) in [7, 11) is 0. The highest BCUT2D eigenvalue weighted by Crippen LogP contribution is 2.30. The van der Waals surface area contributed by atoms with E-state index < -0.39 is 0 Å². The van der Waals surface area contributed by atoms with Crippen LogP contribution in [-0.2, 0) is 0 Å². The van der Waals surface area contributed by atoms with Crippen LogP contribution < -0.4 is 0 Å². The summed E-state index contributed by atoms with van der Waals surface area (Å²) >= 11 is 1.70. The third-order valence-corrected chi connectivity index (χ3v) is 3.94. The van der Waals surface area contributed by atoms with Crippen LogP contribution in [0.25, 0.3) is 10.2 Å². The van der Waals surface area contributed by atoms with Gasteiger partial charge in [-0.1, -0.05) is 24.3 Å². The van der Waals surface area contributed by atoms with Crippen LogP contribution in [0.4, 0.5) is 0 Å². The molecule has 0 saturated carbocycles. The third-order valence-electron chi connectivity index (χ3n) is 2.83. The fraction of sp³-hybridized carbons (Fsp3) is 0.133. The van der Waals surface area contributed by atoms with Crippen molar-refractivity contribution in [2.24, 2.45) is 0 Å². The van der Waals surface area contributed by atoms with Gasteiger partial charge >= 0.3 is 0 Å². The first-order chi connectivity index (χ1) is 9.38. The van der Waals surface area contributed by atoms with Crippen molar-refractivity contribution in [1.82, 2.24) is 15.0 Å². The van der Waals surface area contributed by atoms with Gasteiger partial charge in [0.1, 0.15) is 10.8 Å². The van der Waals surface area contributed by atoms with E-state index in [4.69, 9.17) is 4.98 Å². The molecule has 4 heteroatoms. The van der Waals surface area contributed by atoms with Gasteiger partial charge in [-0.2, -0.15) is 0 Å². The topological polar surface area (TPSA) is 38.7 Å². The van der Waals surface area contributed by atoms with E-state index in [1.807, 2.05) is 37.3 Å². The van der Waals surface area contributed by atoms with Gasteiger partial charge < -0.3 is 0 Å². The van der Waals surface area contributed by atoms with Gasteiger partial charge in [0.05, 0.1) is 16.1 Å². The van der Waals surface area contributed by atoms with Crippen LogP contribution in [-0.4, -0.2) is 15.0 Å². The van der Waals surface area contributed by atoms with Crippen molar-refractivity contribution in [1.29, 1.82) is 0 Å². The molecule has 0 aliphatic carbocycles. The summed E-state index contributed by atoms with van der Waals surface area (Å²) in [4.78, 5) is 13.4. The van der Waals surface area contributed by atoms with E-state index in [-0.39, 0.29) is 5.92 Å². The van der Waals surface area contributed by atoms with Gasteiger partial charge in [-0.15, -0.1) is 11.3 Å². The van der Waals surface area contributed by atoms with E-state index in [2.05, 4.69) is 22.1 Å². The Hall–Kier alpha value is -2.07. The van der Waals surface area contributed by atoms with Crippen molar-refractivity contribution in [3.8, 4) is 0 Å². The zero-order chi connectivity index (χ0) is 13.1. The zero-order valence-electron chi connectivity index (χ0n) is 10.5. The fourth-order valence-corrected chi connectivity index (χ4v) is 3.01. The number of fused-ring (bicyclic) bond motifs is 1. The average molecular weight is 267 g/mol. The van der Waals surface area contributed by atoms with E-state index in [1.165, 1.54) is 4.70 Å². The molecule has 0 saturated heterocycles. The second kappa shape index (κ2) is 5.28. The number of aromatic nitrogens is 3. The Kier molecular flexibility index (Phi) is 3.33. The van der Waals surface area contributed by atoms with Crippen molar-refractivity contribution in [3.05, 3.63) is 65.7 Å². The molecular formula is C15H13N3S. The quantitative estimate of drug-likeness (QED) is 0.678. The van der Waals surface area contributed by atoms with Crippen LogP contribution in [0.15, 0.2) is 54.9 Å². The maximum atomic E-state index is 4.70. The van der Waals surface area contributed by atoms with Crippen molar-refractivity contribution in [2.75, 3.05) is 0 Å². The first-order valence-electron chi connectivity index (χ1n) is 6.13. The van der Waals surface area contributed by atoms with Crippen molar-refractivity contribution >= 4 is 21.6 Å². The molecule has 3 rings (SSSR count). The van der Waals surface area contributed by atoms with Crippen molar-refractivity contribution < 1.29 is 0 Å². The smallest absolute Gasteiger partial charge is 0.141 e. The number of thiazole rings is 1. The van der Waals surface area contributed by atoms with Gasteiger partial charge in [0.25, 0.3) is 0 Å². The largest absolute Gasteiger partial charge is 0.240 e. The molecule has 94 valence electrons. The molecule has 0 aliphatic rings. The summed E-state index contributed by atoms with van der Waals surface area (Å²) in [6, 6.07) is 10.0. The van der Waals surface area contributed by atoms with Crippen LogP contribution in [0.5, 0.6) is 0 Å². The minimum atomic E-state index is 0.0311. The second-order valence-corrected chi connectivity index (χ2v) is 5.19. The zero-order valence-corrected chi connectivity index (χ0v) is 11.3. The van der Waals surface area contributed by atoms with E-state index in [9.17, 15) is 0 Å². The number of allylic oxidation sites excluding steroid dienone is 2. The molecule has 0 aliphatic heterocycles. The molecule has 0 radical (unpaired) electrons. The number of nitrogens with zero attached hydrogens (tertiary/aromatic N) is 3. The lowest BCUT2D eigenvalue weighted by molar-refractivity contribution is 0.872. The minimum Gasteiger partial charge on any atom is -0.240 e. The summed E-state index contributed by atoms with van der Waals surface area (Å²) in [6.07, 6.45) is 7.65. The molecular weight excluding hydrogens is 254 g/mol. The second-order valence-electron chi connectivity index (χ2n) is 4.13. The van der Waals surface area contributed by atoms with E-state index >= 15 is 0 Å². The lowest BCUT2D eigenvalue weighted by Gasteiger charge is -2.06. The van der Waals surface area contributed by atoms with Crippen LogP contribution in [0.2, 0.25) is 0 Å². The summed E-state index contributed by atoms with van der Waals surface area (Å²) in [5.74, 6) is 0.822. The Labute approximate surface area is 115 Å². The molecule has 1 atom stereocenters. The predicted octanol–water partition coefficient (Wildman–Crippen LogP) is 3.79. The highest BCUT2D eigenvalue weighted by molar-refractivity contribution is 7.18. The first kappa shape index (κ1) is 12.0. The van der Waals surface area contributed by atoms with Gasteiger partial charge in [0, 0.05) is 12.4 Å². The Bertz CT molecular complexity index is 670. The normalized spacial score (nSPS) is 13.1. The predicted molar refractivity (Wildman–Crippen MR) is 78.3 cm³/mol. The molecule has 3 nitrogen and oxygen atoms in total. The molecule has 2 heterocycles. The number of rotatable bonds is 3. The lowest BCUT2D eigenvalue weighted by Crippen LogP contribution is -2.02. The maximum absolute atomic E-state index is 4.70. The van der Waals surface area contributed by atoms with Crippen LogP contribution in [0.1, 0.15) is 23.7 Å². The lowest BCUT2D eigenvalue weighted by atomic mass is 10.1. The fourth-order valence-electron chi connectivity index (χ4n) is 1.97. The molecule has 2 aromatic heterocycles. The maximum Gasteiger partial charge on any atom is 0.141 e. The Balaban J connectivity index is 2.09. The van der Waals surface area contributed by atoms with Crippen LogP contribution in [0.3, 0.4) is 0 Å². The molecule has 3 aromatic rings. The monoisotopic (exact) mass is 267 g/mol. The molecule has 0 bridgehead atoms. The van der Waals surface area contributed by atoms with Gasteiger partial charge in [-0.25, -0.2) is 15.0 Å². The highest BCUT2D eigenvalue weighted by Gasteiger charge is 2.17. The number of para-hydroxylation sites is 1.